The predicted octanol–water partition coefficient (Wildman–Crippen LogP) is 4.06. The number of carbonyl (C=O) groups is 1. The lowest BCUT2D eigenvalue weighted by atomic mass is 10.0. The van der Waals surface area contributed by atoms with Crippen LogP contribution in [0.5, 0.6) is 11.5 Å². The monoisotopic (exact) mass is 343 g/mol. The van der Waals surface area contributed by atoms with Gasteiger partial charge in [-0.1, -0.05) is 18.2 Å². The third-order valence-electron chi connectivity index (χ3n) is 3.90. The second-order valence-corrected chi connectivity index (χ2v) is 5.61. The first-order chi connectivity index (χ1) is 12.0. The van der Waals surface area contributed by atoms with Crippen LogP contribution in [0.15, 0.2) is 49.1 Å². The number of halogens is 1. The van der Waals surface area contributed by atoms with E-state index in [9.17, 15) is 9.18 Å². The maximum Gasteiger partial charge on any atom is 0.251 e. The zero-order valence-electron chi connectivity index (χ0n) is 14.6. The van der Waals surface area contributed by atoms with Crippen molar-refractivity contribution in [2.45, 2.75) is 19.4 Å². The summed E-state index contributed by atoms with van der Waals surface area (Å²) < 4.78 is 23.7. The van der Waals surface area contributed by atoms with Gasteiger partial charge in [0.05, 0.1) is 20.3 Å². The van der Waals surface area contributed by atoms with Crippen molar-refractivity contribution in [1.29, 1.82) is 0 Å². The van der Waals surface area contributed by atoms with Crippen molar-refractivity contribution in [1.82, 2.24) is 5.32 Å². The molecule has 4 nitrogen and oxygen atoms in total. The first-order valence-corrected chi connectivity index (χ1v) is 7.92. The minimum atomic E-state index is -0.309. The Labute approximate surface area is 147 Å². The zero-order valence-corrected chi connectivity index (χ0v) is 14.6. The van der Waals surface area contributed by atoms with Crippen molar-refractivity contribution < 1.29 is 18.7 Å². The van der Waals surface area contributed by atoms with E-state index in [1.54, 1.807) is 37.5 Å². The fraction of sp³-hybridized carbons (Fsp3) is 0.250. The van der Waals surface area contributed by atoms with Crippen LogP contribution in [-0.2, 0) is 6.42 Å². The molecule has 25 heavy (non-hydrogen) atoms. The number of carbonyl (C=O) groups excluding carboxylic acids is 1. The van der Waals surface area contributed by atoms with Crippen LogP contribution in [-0.4, -0.2) is 20.1 Å². The standard InChI is InChI=1S/C20H22FNO3/c1-5-6-15-11-16(12-18(24-3)19(15)25-4)20(23)22-13(2)14-7-9-17(21)10-8-14/h5,7-13H,1,6H2,2-4H3,(H,22,23). The number of rotatable bonds is 7. The Hall–Kier alpha value is -2.82. The first kappa shape index (κ1) is 18.5. The van der Waals surface area contributed by atoms with Crippen LogP contribution in [0, 0.1) is 5.82 Å². The molecule has 1 unspecified atom stereocenters. The summed E-state index contributed by atoms with van der Waals surface area (Å²) in [5, 5.41) is 2.91. The van der Waals surface area contributed by atoms with Crippen molar-refractivity contribution in [3.8, 4) is 11.5 Å². The van der Waals surface area contributed by atoms with Crippen LogP contribution >= 0.6 is 0 Å². The van der Waals surface area contributed by atoms with E-state index in [1.165, 1.54) is 19.2 Å². The molecule has 5 heteroatoms. The average molecular weight is 343 g/mol. The lowest BCUT2D eigenvalue weighted by molar-refractivity contribution is 0.0939. The van der Waals surface area contributed by atoms with E-state index in [4.69, 9.17) is 9.47 Å². The number of nitrogens with one attached hydrogen (secondary N) is 1. The number of benzene rings is 2. The molecular formula is C20H22FNO3. The predicted molar refractivity (Wildman–Crippen MR) is 95.7 cm³/mol. The van der Waals surface area contributed by atoms with Crippen LogP contribution in [0.25, 0.3) is 0 Å². The Bertz CT molecular complexity index is 756. The molecule has 0 saturated heterocycles. The Morgan fingerprint density at radius 2 is 1.92 bits per heavy atom. The Morgan fingerprint density at radius 1 is 1.24 bits per heavy atom. The second-order valence-electron chi connectivity index (χ2n) is 5.61. The summed E-state index contributed by atoms with van der Waals surface area (Å²) in [5.41, 5.74) is 2.10. The molecule has 0 saturated carbocycles. The number of hydrogen-bond donors (Lipinski definition) is 1. The van der Waals surface area contributed by atoms with E-state index >= 15 is 0 Å². The highest BCUT2D eigenvalue weighted by Gasteiger charge is 2.17. The Kier molecular flexibility index (Phi) is 6.17. The molecule has 1 amide bonds. The van der Waals surface area contributed by atoms with Crippen molar-refractivity contribution >= 4 is 5.91 Å². The second kappa shape index (κ2) is 8.33. The van der Waals surface area contributed by atoms with Gasteiger partial charge >= 0.3 is 0 Å². The topological polar surface area (TPSA) is 47.6 Å². The Balaban J connectivity index is 2.27. The lowest BCUT2D eigenvalue weighted by Gasteiger charge is -2.17. The third-order valence-corrected chi connectivity index (χ3v) is 3.90. The highest BCUT2D eigenvalue weighted by Crippen LogP contribution is 2.33. The molecule has 0 aliphatic rings. The average Bonchev–Trinajstić information content (AvgIpc) is 2.61. The SMILES string of the molecule is C=CCc1cc(C(=O)NC(C)c2ccc(F)cc2)cc(OC)c1OC. The van der Waals surface area contributed by atoms with Crippen LogP contribution in [0.4, 0.5) is 4.39 Å². The molecule has 0 fully saturated rings. The fourth-order valence-corrected chi connectivity index (χ4v) is 2.60. The number of hydrogen-bond acceptors (Lipinski definition) is 3. The van der Waals surface area contributed by atoms with Gasteiger partial charge in [0.2, 0.25) is 0 Å². The molecule has 0 radical (unpaired) electrons. The smallest absolute Gasteiger partial charge is 0.251 e. The van der Waals surface area contributed by atoms with Crippen molar-refractivity contribution in [3.05, 3.63) is 71.6 Å². The van der Waals surface area contributed by atoms with E-state index in [-0.39, 0.29) is 17.8 Å². The molecule has 2 rings (SSSR count). The van der Waals surface area contributed by atoms with Crippen LogP contribution in [0.2, 0.25) is 0 Å². The molecule has 0 aromatic heterocycles. The van der Waals surface area contributed by atoms with E-state index in [0.717, 1.165) is 11.1 Å². The summed E-state index contributed by atoms with van der Waals surface area (Å²) in [6, 6.07) is 9.18. The summed E-state index contributed by atoms with van der Waals surface area (Å²) in [4.78, 5) is 12.6. The molecule has 0 aliphatic heterocycles. The van der Waals surface area contributed by atoms with Gasteiger partial charge in [-0.2, -0.15) is 0 Å². The van der Waals surface area contributed by atoms with Crippen LogP contribution in [0.3, 0.4) is 0 Å². The van der Waals surface area contributed by atoms with Crippen molar-refractivity contribution in [3.63, 3.8) is 0 Å². The normalized spacial score (nSPS) is 11.5. The van der Waals surface area contributed by atoms with E-state index in [1.807, 2.05) is 6.92 Å². The number of methoxy groups -OCH3 is 2. The van der Waals surface area contributed by atoms with Gasteiger partial charge in [-0.15, -0.1) is 6.58 Å². The first-order valence-electron chi connectivity index (χ1n) is 7.92. The molecule has 2 aromatic rings. The molecule has 0 heterocycles. The minimum absolute atomic E-state index is 0.247. The summed E-state index contributed by atoms with van der Waals surface area (Å²) >= 11 is 0. The largest absolute Gasteiger partial charge is 0.493 e. The molecule has 2 aromatic carbocycles. The van der Waals surface area contributed by atoms with Gasteiger partial charge in [-0.3, -0.25) is 4.79 Å². The van der Waals surface area contributed by atoms with E-state index < -0.39 is 0 Å². The highest BCUT2D eigenvalue weighted by atomic mass is 19.1. The molecule has 132 valence electrons. The van der Waals surface area contributed by atoms with Gasteiger partial charge in [0, 0.05) is 11.1 Å². The molecule has 0 bridgehead atoms. The zero-order chi connectivity index (χ0) is 18.4. The maximum absolute atomic E-state index is 13.0. The summed E-state index contributed by atoms with van der Waals surface area (Å²) in [6.45, 7) is 5.57. The van der Waals surface area contributed by atoms with Gasteiger partial charge in [-0.25, -0.2) is 4.39 Å². The maximum atomic E-state index is 13.0. The van der Waals surface area contributed by atoms with Gasteiger partial charge in [-0.05, 0) is 43.2 Å². The third kappa shape index (κ3) is 4.38. The number of amides is 1. The Morgan fingerprint density at radius 3 is 2.48 bits per heavy atom. The molecule has 0 aliphatic carbocycles. The number of ether oxygens (including phenoxy) is 2. The van der Waals surface area contributed by atoms with Crippen molar-refractivity contribution in [2.24, 2.45) is 0 Å². The van der Waals surface area contributed by atoms with Gasteiger partial charge in [0.1, 0.15) is 5.82 Å². The molecule has 1 N–H and O–H groups in total. The van der Waals surface area contributed by atoms with Gasteiger partial charge in [0.15, 0.2) is 11.5 Å². The number of allylic oxidation sites excluding steroid dienone is 1. The quantitative estimate of drug-likeness (QED) is 0.771. The van der Waals surface area contributed by atoms with E-state index in [2.05, 4.69) is 11.9 Å². The van der Waals surface area contributed by atoms with Crippen molar-refractivity contribution in [2.75, 3.05) is 14.2 Å². The van der Waals surface area contributed by atoms with Gasteiger partial charge < -0.3 is 14.8 Å². The molecule has 1 atom stereocenters. The lowest BCUT2D eigenvalue weighted by Crippen LogP contribution is -2.26. The summed E-state index contributed by atoms with van der Waals surface area (Å²) in [7, 11) is 3.08. The fourth-order valence-electron chi connectivity index (χ4n) is 2.60. The van der Waals surface area contributed by atoms with E-state index in [0.29, 0.717) is 23.5 Å². The molecular weight excluding hydrogens is 321 g/mol. The summed E-state index contributed by atoms with van der Waals surface area (Å²) in [6.07, 6.45) is 2.29. The molecule has 0 spiro atoms. The van der Waals surface area contributed by atoms with Gasteiger partial charge in [0.25, 0.3) is 5.91 Å². The highest BCUT2D eigenvalue weighted by molar-refractivity contribution is 5.95. The minimum Gasteiger partial charge on any atom is -0.493 e. The van der Waals surface area contributed by atoms with Crippen LogP contribution in [0.1, 0.15) is 34.5 Å². The van der Waals surface area contributed by atoms with Crippen LogP contribution < -0.4 is 14.8 Å². The summed E-state index contributed by atoms with van der Waals surface area (Å²) in [5.74, 6) is 0.520.